The minimum absolute atomic E-state index is 0.0415. The van der Waals surface area contributed by atoms with Gasteiger partial charge in [0.1, 0.15) is 5.60 Å². The lowest BCUT2D eigenvalue weighted by molar-refractivity contribution is -0.197. The van der Waals surface area contributed by atoms with Gasteiger partial charge in [0.15, 0.2) is 5.78 Å². The van der Waals surface area contributed by atoms with E-state index in [-0.39, 0.29) is 52.2 Å². The fourth-order valence-electron chi connectivity index (χ4n) is 8.35. The maximum absolute atomic E-state index is 12.9. The summed E-state index contributed by atoms with van der Waals surface area (Å²) in [6.07, 6.45) is 6.21. The maximum atomic E-state index is 12.9. The number of ketones is 1. The topological polar surface area (TPSA) is 89.9 Å². The second-order valence-electron chi connectivity index (χ2n) is 10.8. The molecular weight excluding hydrogens is 384 g/mol. The van der Waals surface area contributed by atoms with Gasteiger partial charge in [0.2, 0.25) is 0 Å². The van der Waals surface area contributed by atoms with E-state index in [0.29, 0.717) is 38.5 Å². The minimum atomic E-state index is -0.611. The van der Waals surface area contributed by atoms with Crippen LogP contribution in [0.1, 0.15) is 65.2 Å². The lowest BCUT2D eigenvalue weighted by Gasteiger charge is -2.62. The van der Waals surface area contributed by atoms with Gasteiger partial charge >= 0.3 is 11.9 Å². The first-order valence-corrected chi connectivity index (χ1v) is 11.4. The van der Waals surface area contributed by atoms with Crippen LogP contribution in [0.25, 0.3) is 0 Å². The van der Waals surface area contributed by atoms with Crippen LogP contribution < -0.4 is 0 Å². The van der Waals surface area contributed by atoms with Crippen LogP contribution in [0.3, 0.4) is 0 Å². The van der Waals surface area contributed by atoms with E-state index < -0.39 is 11.7 Å². The molecule has 0 aromatic heterocycles. The van der Waals surface area contributed by atoms with Crippen LogP contribution in [-0.4, -0.2) is 41.6 Å². The van der Waals surface area contributed by atoms with Crippen molar-refractivity contribution in [3.8, 4) is 0 Å². The summed E-state index contributed by atoms with van der Waals surface area (Å²) in [6, 6.07) is 0. The van der Waals surface area contributed by atoms with E-state index >= 15 is 0 Å². The van der Waals surface area contributed by atoms with Gasteiger partial charge in [-0.3, -0.25) is 14.4 Å². The van der Waals surface area contributed by atoms with Crippen molar-refractivity contribution < 1.29 is 29.0 Å². The first kappa shape index (κ1) is 20.2. The van der Waals surface area contributed by atoms with Crippen molar-refractivity contribution in [2.45, 2.75) is 76.9 Å². The van der Waals surface area contributed by atoms with Gasteiger partial charge in [-0.25, -0.2) is 0 Å². The number of aliphatic hydroxyl groups excluding tert-OH is 1. The first-order chi connectivity index (χ1) is 14.1. The summed E-state index contributed by atoms with van der Waals surface area (Å²) in [7, 11) is 1.42. The third-order valence-corrected chi connectivity index (χ3v) is 9.79. The number of carbonyl (C=O) groups is 3. The molecule has 5 aliphatic rings. The van der Waals surface area contributed by atoms with E-state index in [4.69, 9.17) is 9.47 Å². The van der Waals surface area contributed by atoms with Crippen LogP contribution >= 0.6 is 0 Å². The Morgan fingerprint density at radius 1 is 1.20 bits per heavy atom. The fourth-order valence-corrected chi connectivity index (χ4v) is 8.35. The predicted octanol–water partition coefficient (Wildman–Crippen LogP) is 2.96. The van der Waals surface area contributed by atoms with Crippen LogP contribution in [0.2, 0.25) is 0 Å². The molecule has 8 atom stereocenters. The van der Waals surface area contributed by atoms with Crippen molar-refractivity contribution in [1.82, 2.24) is 0 Å². The number of rotatable bonds is 1. The molecule has 30 heavy (non-hydrogen) atoms. The molecule has 1 aliphatic heterocycles. The van der Waals surface area contributed by atoms with Crippen molar-refractivity contribution >= 4 is 17.7 Å². The molecule has 6 heteroatoms. The van der Waals surface area contributed by atoms with Crippen molar-refractivity contribution in [2.24, 2.45) is 34.5 Å². The first-order valence-electron chi connectivity index (χ1n) is 11.4. The lowest BCUT2D eigenvalue weighted by atomic mass is 9.43. The molecule has 4 aliphatic carbocycles. The van der Waals surface area contributed by atoms with Crippen LogP contribution in [-0.2, 0) is 23.9 Å². The number of allylic oxidation sites excluding steroid dienone is 1. The summed E-state index contributed by atoms with van der Waals surface area (Å²) in [4.78, 5) is 37.2. The molecule has 0 amide bonds. The van der Waals surface area contributed by atoms with Gasteiger partial charge in [-0.1, -0.05) is 19.4 Å². The highest BCUT2D eigenvalue weighted by Crippen LogP contribution is 2.70. The number of esters is 2. The standard InChI is InChI=1S/C24H32O6/c1-22-7-4-14(25)10-13(22)11-15(21(28)29-3)19-16-5-8-24(9-6-18(27)30-24)23(16,2)12-17(26)20(19)22/h10,15-17,19-20,26H,4-9,11-12H2,1-3H3/t15-,16+,17+,19+,20+,22+,23+,24-/m1/s1. The van der Waals surface area contributed by atoms with E-state index in [1.165, 1.54) is 7.11 Å². The second-order valence-corrected chi connectivity index (χ2v) is 10.8. The molecule has 1 N–H and O–H groups in total. The summed E-state index contributed by atoms with van der Waals surface area (Å²) in [6.45, 7) is 4.33. The zero-order chi connectivity index (χ0) is 21.5. The van der Waals surface area contributed by atoms with Gasteiger partial charge < -0.3 is 14.6 Å². The molecule has 6 nitrogen and oxygen atoms in total. The third-order valence-electron chi connectivity index (χ3n) is 9.79. The highest BCUT2D eigenvalue weighted by molar-refractivity contribution is 5.92. The maximum Gasteiger partial charge on any atom is 0.309 e. The molecule has 0 aromatic rings. The molecule has 1 heterocycles. The SMILES string of the molecule is COC(=O)[C@@H]1CC2=CC(=O)CC[C@]2(C)[C@@H]2[C@@H]1[C@@H]1CC[C@@]3(CCC(=O)O3)[C@@]1(C)C[C@@H]2O. The van der Waals surface area contributed by atoms with E-state index in [9.17, 15) is 19.5 Å². The van der Waals surface area contributed by atoms with Gasteiger partial charge in [0.05, 0.1) is 19.1 Å². The van der Waals surface area contributed by atoms with Crippen LogP contribution in [0.4, 0.5) is 0 Å². The van der Waals surface area contributed by atoms with Crippen LogP contribution in [0, 0.1) is 34.5 Å². The van der Waals surface area contributed by atoms with Gasteiger partial charge in [-0.2, -0.15) is 0 Å². The Bertz CT molecular complexity index is 847. The van der Waals surface area contributed by atoms with Crippen LogP contribution in [0.5, 0.6) is 0 Å². The number of aliphatic hydroxyl groups is 1. The number of fused-ring (bicyclic) bond motifs is 6. The molecule has 0 bridgehead atoms. The van der Waals surface area contributed by atoms with Crippen molar-refractivity contribution in [1.29, 1.82) is 0 Å². The number of carbonyl (C=O) groups excluding carboxylic acids is 3. The summed E-state index contributed by atoms with van der Waals surface area (Å²) in [5, 5.41) is 11.6. The van der Waals surface area contributed by atoms with Gasteiger partial charge in [0, 0.05) is 18.3 Å². The summed E-state index contributed by atoms with van der Waals surface area (Å²) >= 11 is 0. The Morgan fingerprint density at radius 2 is 1.97 bits per heavy atom. The number of hydrogen-bond acceptors (Lipinski definition) is 6. The number of ether oxygens (including phenoxy) is 2. The third kappa shape index (κ3) is 2.43. The summed E-state index contributed by atoms with van der Waals surface area (Å²) in [5.41, 5.74) is -0.168. The molecule has 164 valence electrons. The van der Waals surface area contributed by atoms with Crippen molar-refractivity contribution in [2.75, 3.05) is 7.11 Å². The lowest BCUT2D eigenvalue weighted by Crippen LogP contribution is -2.62. The molecule has 3 saturated carbocycles. The molecule has 5 rings (SSSR count). The van der Waals surface area contributed by atoms with Gasteiger partial charge in [-0.05, 0) is 67.8 Å². The zero-order valence-corrected chi connectivity index (χ0v) is 18.1. The Kier molecular flexibility index (Phi) is 4.32. The van der Waals surface area contributed by atoms with E-state index in [1.54, 1.807) is 6.08 Å². The highest BCUT2D eigenvalue weighted by Gasteiger charge is 2.71. The fraction of sp³-hybridized carbons (Fsp3) is 0.792. The average molecular weight is 417 g/mol. The highest BCUT2D eigenvalue weighted by atomic mass is 16.6. The van der Waals surface area contributed by atoms with Gasteiger partial charge in [0.25, 0.3) is 0 Å². The Balaban J connectivity index is 1.62. The van der Waals surface area contributed by atoms with E-state index in [1.807, 2.05) is 0 Å². The normalized spacial score (nSPS) is 49.7. The molecule has 0 radical (unpaired) electrons. The molecule has 0 unspecified atom stereocenters. The number of hydrogen-bond donors (Lipinski definition) is 1. The van der Waals surface area contributed by atoms with E-state index in [0.717, 1.165) is 18.4 Å². The monoisotopic (exact) mass is 416 g/mol. The molecule has 0 aromatic carbocycles. The largest absolute Gasteiger partial charge is 0.469 e. The quantitative estimate of drug-likeness (QED) is 0.661. The predicted molar refractivity (Wildman–Crippen MR) is 107 cm³/mol. The van der Waals surface area contributed by atoms with Crippen molar-refractivity contribution in [3.63, 3.8) is 0 Å². The Hall–Kier alpha value is -1.69. The van der Waals surface area contributed by atoms with Crippen LogP contribution in [0.15, 0.2) is 11.6 Å². The summed E-state index contributed by atoms with van der Waals surface area (Å²) < 4.78 is 11.2. The van der Waals surface area contributed by atoms with E-state index in [2.05, 4.69) is 13.8 Å². The smallest absolute Gasteiger partial charge is 0.309 e. The van der Waals surface area contributed by atoms with Crippen molar-refractivity contribution in [3.05, 3.63) is 11.6 Å². The summed E-state index contributed by atoms with van der Waals surface area (Å²) in [5.74, 6) is -0.636. The second kappa shape index (κ2) is 6.41. The molecule has 1 saturated heterocycles. The Morgan fingerprint density at radius 3 is 2.63 bits per heavy atom. The average Bonchev–Trinajstić information content (AvgIpc) is 3.21. The minimum Gasteiger partial charge on any atom is -0.469 e. The number of methoxy groups -OCH3 is 1. The molecule has 1 spiro atoms. The molecule has 4 fully saturated rings. The molecular formula is C24H32O6. The van der Waals surface area contributed by atoms with Gasteiger partial charge in [-0.15, -0.1) is 0 Å². The Labute approximate surface area is 177 Å². The zero-order valence-electron chi connectivity index (χ0n) is 18.1.